The predicted molar refractivity (Wildman–Crippen MR) is 89.1 cm³/mol. The number of nitrogens with one attached hydrogen (secondary N) is 2. The molecule has 2 N–H and O–H groups in total. The molecule has 122 valence electrons. The third-order valence-electron chi connectivity index (χ3n) is 3.55. The van der Waals surface area contributed by atoms with Gasteiger partial charge in [-0.15, -0.1) is 0 Å². The van der Waals surface area contributed by atoms with Crippen LogP contribution >= 0.6 is 0 Å². The molecular weight excluding hydrogens is 290 g/mol. The number of nitrogens with zero attached hydrogens (tertiary/aromatic N) is 1. The Morgan fingerprint density at radius 3 is 2.43 bits per heavy atom. The fraction of sp³-hybridized carbons (Fsp3) is 0.389. The Bertz CT molecular complexity index is 669. The Morgan fingerprint density at radius 2 is 1.83 bits per heavy atom. The number of aromatic amines is 1. The number of carbonyl (C=O) groups is 2. The number of benzene rings is 1. The zero-order chi connectivity index (χ0) is 16.9. The maximum Gasteiger partial charge on any atom is 0.220 e. The highest BCUT2D eigenvalue weighted by Gasteiger charge is 2.17. The molecule has 0 aliphatic carbocycles. The second-order valence-corrected chi connectivity index (χ2v) is 6.59. The van der Waals surface area contributed by atoms with E-state index in [0.29, 0.717) is 12.1 Å². The minimum absolute atomic E-state index is 0.0164. The van der Waals surface area contributed by atoms with Crippen LogP contribution in [-0.2, 0) is 16.8 Å². The van der Waals surface area contributed by atoms with E-state index >= 15 is 0 Å². The molecule has 0 radical (unpaired) electrons. The number of H-pyrrole nitrogens is 1. The monoisotopic (exact) mass is 313 g/mol. The van der Waals surface area contributed by atoms with Gasteiger partial charge in [-0.05, 0) is 6.07 Å². The minimum atomic E-state index is -0.138. The summed E-state index contributed by atoms with van der Waals surface area (Å²) in [6.07, 6.45) is 0.403. The summed E-state index contributed by atoms with van der Waals surface area (Å²) in [7, 11) is 0. The van der Waals surface area contributed by atoms with Crippen LogP contribution in [0.2, 0.25) is 0 Å². The lowest BCUT2D eigenvalue weighted by atomic mass is 9.92. The molecule has 5 heteroatoms. The molecule has 0 saturated heterocycles. The van der Waals surface area contributed by atoms with Gasteiger partial charge in [-0.3, -0.25) is 14.7 Å². The smallest absolute Gasteiger partial charge is 0.220 e. The van der Waals surface area contributed by atoms with E-state index in [0.717, 1.165) is 11.4 Å². The molecule has 0 spiro atoms. The number of ketones is 1. The highest BCUT2D eigenvalue weighted by atomic mass is 16.2. The molecule has 0 fully saturated rings. The lowest BCUT2D eigenvalue weighted by molar-refractivity contribution is -0.121. The summed E-state index contributed by atoms with van der Waals surface area (Å²) in [5.41, 5.74) is 2.43. The summed E-state index contributed by atoms with van der Waals surface area (Å²) in [5.74, 6) is -0.154. The molecule has 0 atom stereocenters. The first-order chi connectivity index (χ1) is 10.9. The quantitative estimate of drug-likeness (QED) is 0.805. The number of aromatic nitrogens is 2. The van der Waals surface area contributed by atoms with Crippen molar-refractivity contribution in [2.75, 3.05) is 0 Å². The first-order valence-corrected chi connectivity index (χ1v) is 7.76. The number of amides is 1. The zero-order valence-corrected chi connectivity index (χ0v) is 13.8. The zero-order valence-electron chi connectivity index (χ0n) is 13.8. The molecule has 1 heterocycles. The molecular formula is C18H23N3O2. The second kappa shape index (κ2) is 7.22. The first-order valence-electron chi connectivity index (χ1n) is 7.76. The number of hydrogen-bond donors (Lipinski definition) is 2. The van der Waals surface area contributed by atoms with Gasteiger partial charge >= 0.3 is 0 Å². The molecule has 23 heavy (non-hydrogen) atoms. The van der Waals surface area contributed by atoms with Crippen molar-refractivity contribution >= 4 is 11.7 Å². The Morgan fingerprint density at radius 1 is 1.13 bits per heavy atom. The van der Waals surface area contributed by atoms with Gasteiger partial charge < -0.3 is 5.32 Å². The third-order valence-corrected chi connectivity index (χ3v) is 3.55. The lowest BCUT2D eigenvalue weighted by Gasteiger charge is -2.13. The van der Waals surface area contributed by atoms with Crippen molar-refractivity contribution in [3.05, 3.63) is 53.3 Å². The number of hydrogen-bond acceptors (Lipinski definition) is 3. The van der Waals surface area contributed by atoms with E-state index in [2.05, 4.69) is 36.3 Å². The number of Topliss-reactive ketones (excluding diaryl/α,β-unsaturated/α-hetero) is 1. The molecule has 0 aliphatic rings. The fourth-order valence-corrected chi connectivity index (χ4v) is 2.11. The average molecular weight is 313 g/mol. The third kappa shape index (κ3) is 5.06. The van der Waals surface area contributed by atoms with Crippen LogP contribution in [0.25, 0.3) is 0 Å². The SMILES string of the molecule is CC(C)(C)c1cc(CNC(=O)CCC(=O)c2ccccc2)[nH]n1. The summed E-state index contributed by atoms with van der Waals surface area (Å²) < 4.78 is 0. The summed E-state index contributed by atoms with van der Waals surface area (Å²) in [5, 5.41) is 9.98. The Kier molecular flexibility index (Phi) is 5.32. The van der Waals surface area contributed by atoms with Crippen LogP contribution < -0.4 is 5.32 Å². The molecule has 5 nitrogen and oxygen atoms in total. The highest BCUT2D eigenvalue weighted by molar-refractivity contribution is 5.97. The van der Waals surface area contributed by atoms with E-state index < -0.39 is 0 Å². The van der Waals surface area contributed by atoms with Crippen molar-refractivity contribution < 1.29 is 9.59 Å². The van der Waals surface area contributed by atoms with Gasteiger partial charge in [0.1, 0.15) is 0 Å². The molecule has 0 aliphatic heterocycles. The maximum atomic E-state index is 11.9. The van der Waals surface area contributed by atoms with Gasteiger partial charge in [0.15, 0.2) is 5.78 Å². The molecule has 1 amide bonds. The van der Waals surface area contributed by atoms with Crippen LogP contribution in [0.4, 0.5) is 0 Å². The Hall–Kier alpha value is -2.43. The van der Waals surface area contributed by atoms with Gasteiger partial charge in [0.05, 0.1) is 17.9 Å². The first kappa shape index (κ1) is 16.9. The summed E-state index contributed by atoms with van der Waals surface area (Å²) in [4.78, 5) is 23.8. The van der Waals surface area contributed by atoms with Crippen molar-refractivity contribution in [1.29, 1.82) is 0 Å². The Balaban J connectivity index is 1.77. The van der Waals surface area contributed by atoms with E-state index in [1.807, 2.05) is 24.3 Å². The normalized spacial score (nSPS) is 11.3. The highest BCUT2D eigenvalue weighted by Crippen LogP contribution is 2.20. The van der Waals surface area contributed by atoms with Crippen molar-refractivity contribution in [3.8, 4) is 0 Å². The van der Waals surface area contributed by atoms with Crippen LogP contribution in [0.3, 0.4) is 0 Å². The largest absolute Gasteiger partial charge is 0.350 e. The Labute approximate surface area is 136 Å². The molecule has 0 bridgehead atoms. The standard InChI is InChI=1S/C18H23N3O2/c1-18(2,3)16-11-14(20-21-16)12-19-17(23)10-9-15(22)13-7-5-4-6-8-13/h4-8,11H,9-10,12H2,1-3H3,(H,19,23)(H,20,21). The van der Waals surface area contributed by atoms with Crippen LogP contribution in [0.1, 0.15) is 55.4 Å². The van der Waals surface area contributed by atoms with Crippen LogP contribution in [-0.4, -0.2) is 21.9 Å². The van der Waals surface area contributed by atoms with Gasteiger partial charge in [0.25, 0.3) is 0 Å². The van der Waals surface area contributed by atoms with Crippen molar-refractivity contribution in [2.24, 2.45) is 0 Å². The van der Waals surface area contributed by atoms with Crippen molar-refractivity contribution in [1.82, 2.24) is 15.5 Å². The van der Waals surface area contributed by atoms with Gasteiger partial charge in [-0.1, -0.05) is 51.1 Å². The van der Waals surface area contributed by atoms with Crippen LogP contribution in [0, 0.1) is 0 Å². The van der Waals surface area contributed by atoms with Gasteiger partial charge in [-0.2, -0.15) is 5.10 Å². The van der Waals surface area contributed by atoms with E-state index in [4.69, 9.17) is 0 Å². The molecule has 0 saturated carbocycles. The summed E-state index contributed by atoms with van der Waals surface area (Å²) >= 11 is 0. The molecule has 2 aromatic rings. The van der Waals surface area contributed by atoms with Crippen molar-refractivity contribution in [3.63, 3.8) is 0 Å². The van der Waals surface area contributed by atoms with Gasteiger partial charge in [0.2, 0.25) is 5.91 Å². The fourth-order valence-electron chi connectivity index (χ4n) is 2.11. The average Bonchev–Trinajstić information content (AvgIpc) is 3.00. The molecule has 1 aromatic carbocycles. The van der Waals surface area contributed by atoms with Gasteiger partial charge in [0, 0.05) is 23.8 Å². The second-order valence-electron chi connectivity index (χ2n) is 6.59. The lowest BCUT2D eigenvalue weighted by Crippen LogP contribution is -2.23. The van der Waals surface area contributed by atoms with Crippen LogP contribution in [0.15, 0.2) is 36.4 Å². The molecule has 2 rings (SSSR count). The van der Waals surface area contributed by atoms with E-state index in [9.17, 15) is 9.59 Å². The number of carbonyl (C=O) groups excluding carboxylic acids is 2. The van der Waals surface area contributed by atoms with Gasteiger partial charge in [-0.25, -0.2) is 0 Å². The molecule has 0 unspecified atom stereocenters. The topological polar surface area (TPSA) is 74.8 Å². The summed E-state index contributed by atoms with van der Waals surface area (Å²) in [6.45, 7) is 6.64. The minimum Gasteiger partial charge on any atom is -0.350 e. The predicted octanol–water partition coefficient (Wildman–Crippen LogP) is 2.99. The molecule has 1 aromatic heterocycles. The van der Waals surface area contributed by atoms with Crippen LogP contribution in [0.5, 0.6) is 0 Å². The number of rotatable bonds is 6. The summed E-state index contributed by atoms with van der Waals surface area (Å²) in [6, 6.07) is 11.0. The van der Waals surface area contributed by atoms with E-state index in [1.54, 1.807) is 12.1 Å². The van der Waals surface area contributed by atoms with E-state index in [-0.39, 0.29) is 29.9 Å². The maximum absolute atomic E-state index is 11.9. The van der Waals surface area contributed by atoms with E-state index in [1.165, 1.54) is 0 Å². The van der Waals surface area contributed by atoms with Crippen molar-refractivity contribution in [2.45, 2.75) is 45.6 Å².